The van der Waals surface area contributed by atoms with Gasteiger partial charge >= 0.3 is 5.97 Å². The number of benzene rings is 1. The van der Waals surface area contributed by atoms with Gasteiger partial charge in [-0.15, -0.1) is 0 Å². The van der Waals surface area contributed by atoms with E-state index < -0.39 is 0 Å². The molecular formula is C19H30O2. The maximum Gasteiger partial charge on any atom is 0.305 e. The largest absolute Gasteiger partial charge is 0.469 e. The predicted octanol–water partition coefficient (Wildman–Crippen LogP) is 5.22. The number of hydrogen-bond donors (Lipinski definition) is 0. The topological polar surface area (TPSA) is 26.3 Å². The molecular weight excluding hydrogens is 260 g/mol. The van der Waals surface area contributed by atoms with Gasteiger partial charge in [-0.25, -0.2) is 0 Å². The molecule has 0 saturated carbocycles. The highest BCUT2D eigenvalue weighted by Gasteiger charge is 1.99. The van der Waals surface area contributed by atoms with Crippen LogP contribution in [-0.4, -0.2) is 13.1 Å². The summed E-state index contributed by atoms with van der Waals surface area (Å²) in [5, 5.41) is 0. The van der Waals surface area contributed by atoms with Crippen LogP contribution < -0.4 is 0 Å². The number of esters is 1. The number of ether oxygens (including phenoxy) is 1. The van der Waals surface area contributed by atoms with Gasteiger partial charge in [0, 0.05) is 6.42 Å². The van der Waals surface area contributed by atoms with Crippen LogP contribution in [0.1, 0.15) is 68.9 Å². The van der Waals surface area contributed by atoms with E-state index in [1.54, 1.807) is 0 Å². The van der Waals surface area contributed by atoms with Crippen LogP contribution in [0.3, 0.4) is 0 Å². The molecule has 0 atom stereocenters. The molecule has 21 heavy (non-hydrogen) atoms. The molecule has 2 nitrogen and oxygen atoms in total. The summed E-state index contributed by atoms with van der Waals surface area (Å²) in [6.45, 7) is 2.13. The molecule has 0 heterocycles. The van der Waals surface area contributed by atoms with E-state index in [0.717, 1.165) is 12.8 Å². The van der Waals surface area contributed by atoms with Gasteiger partial charge < -0.3 is 4.74 Å². The van der Waals surface area contributed by atoms with Crippen molar-refractivity contribution in [2.24, 2.45) is 0 Å². The summed E-state index contributed by atoms with van der Waals surface area (Å²) in [5.74, 6) is -0.0777. The monoisotopic (exact) mass is 290 g/mol. The summed E-state index contributed by atoms with van der Waals surface area (Å²) in [6, 6.07) is 8.89. The Kier molecular flexibility index (Phi) is 9.60. The first-order valence-electron chi connectivity index (χ1n) is 8.34. The predicted molar refractivity (Wildman–Crippen MR) is 88.5 cm³/mol. The number of methoxy groups -OCH3 is 1. The summed E-state index contributed by atoms with van der Waals surface area (Å²) in [5.41, 5.74) is 2.80. The average Bonchev–Trinajstić information content (AvgIpc) is 2.50. The Hall–Kier alpha value is -1.31. The molecule has 0 saturated heterocycles. The molecule has 0 aliphatic rings. The molecule has 1 rings (SSSR count). The number of carbonyl (C=O) groups excluding carboxylic acids is 1. The molecule has 1 aromatic rings. The highest BCUT2D eigenvalue weighted by Crippen LogP contribution is 2.12. The van der Waals surface area contributed by atoms with Crippen LogP contribution in [0.5, 0.6) is 0 Å². The molecule has 0 aromatic heterocycles. The Bertz CT molecular complexity index is 381. The first kappa shape index (κ1) is 17.7. The van der Waals surface area contributed by atoms with E-state index in [0.29, 0.717) is 6.42 Å². The fraction of sp³-hybridized carbons (Fsp3) is 0.632. The van der Waals surface area contributed by atoms with E-state index >= 15 is 0 Å². The van der Waals surface area contributed by atoms with E-state index in [2.05, 4.69) is 35.9 Å². The standard InChI is InChI=1S/C19H30O2/c1-17-13-15-18(16-14-17)11-9-7-5-3-4-6-8-10-12-19(20)21-2/h13-16H,3-12H2,1-2H3. The number of aryl methyl sites for hydroxylation is 2. The molecule has 0 aliphatic carbocycles. The molecule has 0 unspecified atom stereocenters. The summed E-state index contributed by atoms with van der Waals surface area (Å²) in [4.78, 5) is 10.9. The molecule has 0 amide bonds. The molecule has 0 radical (unpaired) electrons. The maximum absolute atomic E-state index is 10.9. The van der Waals surface area contributed by atoms with Crippen molar-refractivity contribution in [2.75, 3.05) is 7.11 Å². The van der Waals surface area contributed by atoms with Crippen LogP contribution in [-0.2, 0) is 16.0 Å². The normalized spacial score (nSPS) is 10.6. The number of carbonyl (C=O) groups is 1. The Morgan fingerprint density at radius 1 is 0.857 bits per heavy atom. The van der Waals surface area contributed by atoms with E-state index in [1.165, 1.54) is 63.2 Å². The SMILES string of the molecule is COC(=O)CCCCCCCCCCc1ccc(C)cc1. The van der Waals surface area contributed by atoms with E-state index in [9.17, 15) is 4.79 Å². The Morgan fingerprint density at radius 3 is 1.95 bits per heavy atom. The van der Waals surface area contributed by atoms with Crippen molar-refractivity contribution in [1.82, 2.24) is 0 Å². The van der Waals surface area contributed by atoms with E-state index in [-0.39, 0.29) is 5.97 Å². The summed E-state index contributed by atoms with van der Waals surface area (Å²) in [7, 11) is 1.46. The smallest absolute Gasteiger partial charge is 0.305 e. The second kappa shape index (κ2) is 11.4. The Balaban J connectivity index is 1.86. The minimum Gasteiger partial charge on any atom is -0.469 e. The lowest BCUT2D eigenvalue weighted by atomic mass is 10.0. The van der Waals surface area contributed by atoms with Crippen LogP contribution >= 0.6 is 0 Å². The molecule has 0 bridgehead atoms. The molecule has 0 spiro atoms. The third-order valence-electron chi connectivity index (χ3n) is 3.94. The molecule has 1 aromatic carbocycles. The van der Waals surface area contributed by atoms with Gasteiger partial charge in [-0.3, -0.25) is 4.79 Å². The van der Waals surface area contributed by atoms with Crippen molar-refractivity contribution in [3.63, 3.8) is 0 Å². The van der Waals surface area contributed by atoms with Gasteiger partial charge in [0.05, 0.1) is 7.11 Å². The van der Waals surface area contributed by atoms with Gasteiger partial charge in [0.15, 0.2) is 0 Å². The van der Waals surface area contributed by atoms with Crippen LogP contribution in [0.4, 0.5) is 0 Å². The zero-order valence-electron chi connectivity index (χ0n) is 13.7. The van der Waals surface area contributed by atoms with Gasteiger partial charge in [-0.05, 0) is 31.7 Å². The fourth-order valence-corrected chi connectivity index (χ4v) is 2.52. The minimum atomic E-state index is -0.0777. The van der Waals surface area contributed by atoms with Gasteiger partial charge in [0.2, 0.25) is 0 Å². The van der Waals surface area contributed by atoms with Crippen molar-refractivity contribution in [3.8, 4) is 0 Å². The van der Waals surface area contributed by atoms with Gasteiger partial charge in [-0.1, -0.05) is 68.4 Å². The van der Waals surface area contributed by atoms with E-state index in [4.69, 9.17) is 0 Å². The van der Waals surface area contributed by atoms with Crippen molar-refractivity contribution < 1.29 is 9.53 Å². The summed E-state index contributed by atoms with van der Waals surface area (Å²) < 4.78 is 4.63. The number of hydrogen-bond acceptors (Lipinski definition) is 2. The maximum atomic E-state index is 10.9. The molecule has 2 heteroatoms. The van der Waals surface area contributed by atoms with Crippen molar-refractivity contribution in [2.45, 2.75) is 71.1 Å². The lowest BCUT2D eigenvalue weighted by Crippen LogP contribution is -1.99. The molecule has 118 valence electrons. The van der Waals surface area contributed by atoms with Crippen LogP contribution in [0.2, 0.25) is 0 Å². The average molecular weight is 290 g/mol. The fourth-order valence-electron chi connectivity index (χ4n) is 2.52. The van der Waals surface area contributed by atoms with Crippen molar-refractivity contribution >= 4 is 5.97 Å². The lowest BCUT2D eigenvalue weighted by Gasteiger charge is -2.03. The van der Waals surface area contributed by atoms with Crippen LogP contribution in [0.25, 0.3) is 0 Å². The summed E-state index contributed by atoms with van der Waals surface area (Å²) in [6.07, 6.45) is 11.7. The minimum absolute atomic E-state index is 0.0777. The first-order chi connectivity index (χ1) is 10.2. The number of unbranched alkanes of at least 4 members (excludes halogenated alkanes) is 7. The quantitative estimate of drug-likeness (QED) is 0.412. The van der Waals surface area contributed by atoms with Crippen LogP contribution in [0, 0.1) is 6.92 Å². The highest BCUT2D eigenvalue weighted by molar-refractivity contribution is 5.68. The number of rotatable bonds is 11. The third kappa shape index (κ3) is 9.28. The van der Waals surface area contributed by atoms with Crippen LogP contribution in [0.15, 0.2) is 24.3 Å². The van der Waals surface area contributed by atoms with Crippen molar-refractivity contribution in [3.05, 3.63) is 35.4 Å². The molecule has 0 fully saturated rings. The molecule has 0 N–H and O–H groups in total. The zero-order valence-corrected chi connectivity index (χ0v) is 13.7. The molecule has 0 aliphatic heterocycles. The Morgan fingerprint density at radius 2 is 1.38 bits per heavy atom. The van der Waals surface area contributed by atoms with Gasteiger partial charge in [0.1, 0.15) is 0 Å². The van der Waals surface area contributed by atoms with Gasteiger partial charge in [0.25, 0.3) is 0 Å². The third-order valence-corrected chi connectivity index (χ3v) is 3.94. The van der Waals surface area contributed by atoms with Gasteiger partial charge in [-0.2, -0.15) is 0 Å². The second-order valence-corrected chi connectivity index (χ2v) is 5.89. The van der Waals surface area contributed by atoms with E-state index in [1.807, 2.05) is 0 Å². The first-order valence-corrected chi connectivity index (χ1v) is 8.34. The van der Waals surface area contributed by atoms with Crippen molar-refractivity contribution in [1.29, 1.82) is 0 Å². The second-order valence-electron chi connectivity index (χ2n) is 5.89. The Labute approximate surface area is 129 Å². The zero-order chi connectivity index (χ0) is 15.3. The lowest BCUT2D eigenvalue weighted by molar-refractivity contribution is -0.140. The summed E-state index contributed by atoms with van der Waals surface area (Å²) >= 11 is 0. The highest BCUT2D eigenvalue weighted by atomic mass is 16.5.